The molecule has 1 saturated heterocycles. The van der Waals surface area contributed by atoms with E-state index in [-0.39, 0.29) is 19.1 Å². The van der Waals surface area contributed by atoms with Gasteiger partial charge in [0.15, 0.2) is 0 Å². The number of carbonyl (C=O) groups excluding carboxylic acids is 2. The molecule has 1 heterocycles. The third-order valence-electron chi connectivity index (χ3n) is 3.16. The zero-order chi connectivity index (χ0) is 16.5. The summed E-state index contributed by atoms with van der Waals surface area (Å²) >= 11 is 0. The number of esters is 1. The van der Waals surface area contributed by atoms with E-state index in [1.165, 1.54) is 0 Å². The van der Waals surface area contributed by atoms with Crippen molar-refractivity contribution in [3.63, 3.8) is 0 Å². The number of nitrogens with one attached hydrogen (secondary N) is 1. The molecular weight excluding hydrogens is 310 g/mol. The van der Waals surface area contributed by atoms with Crippen LogP contribution in [0.1, 0.15) is 22.3 Å². The number of methoxy groups -OCH3 is 1. The molecule has 1 aliphatic heterocycles. The van der Waals surface area contributed by atoms with Gasteiger partial charge in [-0.2, -0.15) is 13.2 Å². The van der Waals surface area contributed by atoms with Crippen LogP contribution in [0.3, 0.4) is 0 Å². The number of halogens is 4. The van der Waals surface area contributed by atoms with Gasteiger partial charge in [0.25, 0.3) is 5.91 Å². The van der Waals surface area contributed by atoms with Crippen LogP contribution in [0, 0.1) is 5.82 Å². The molecule has 0 spiro atoms. The van der Waals surface area contributed by atoms with Crippen LogP contribution in [0.5, 0.6) is 0 Å². The lowest BCUT2D eigenvalue weighted by molar-refractivity contribution is -0.203. The van der Waals surface area contributed by atoms with Crippen LogP contribution in [-0.2, 0) is 20.4 Å². The largest absolute Gasteiger partial charge is 0.465 e. The van der Waals surface area contributed by atoms with Crippen molar-refractivity contribution in [3.05, 3.63) is 35.1 Å². The van der Waals surface area contributed by atoms with Gasteiger partial charge in [-0.1, -0.05) is 0 Å². The maximum absolute atomic E-state index is 13.0. The van der Waals surface area contributed by atoms with Crippen LogP contribution in [0.15, 0.2) is 18.2 Å². The Balaban J connectivity index is 2.32. The fourth-order valence-electron chi connectivity index (χ4n) is 1.98. The predicted molar refractivity (Wildman–Crippen MR) is 64.2 cm³/mol. The van der Waals surface area contributed by atoms with Crippen LogP contribution in [0.4, 0.5) is 17.6 Å². The van der Waals surface area contributed by atoms with Crippen molar-refractivity contribution in [1.29, 1.82) is 0 Å². The predicted octanol–water partition coefficient (Wildman–Crippen LogP) is 1.86. The Morgan fingerprint density at radius 3 is 2.45 bits per heavy atom. The number of carbonyl (C=O) groups is 2. The van der Waals surface area contributed by atoms with E-state index < -0.39 is 40.7 Å². The van der Waals surface area contributed by atoms with Crippen molar-refractivity contribution in [2.24, 2.45) is 0 Å². The summed E-state index contributed by atoms with van der Waals surface area (Å²) in [7, 11) is 1.05. The van der Waals surface area contributed by atoms with Gasteiger partial charge in [0.1, 0.15) is 5.82 Å². The minimum Gasteiger partial charge on any atom is -0.465 e. The Labute approximate surface area is 122 Å². The minimum atomic E-state index is -4.92. The molecule has 1 fully saturated rings. The molecule has 5 nitrogen and oxygen atoms in total. The summed E-state index contributed by atoms with van der Waals surface area (Å²) in [5, 5.41) is 2.07. The van der Waals surface area contributed by atoms with Gasteiger partial charge in [0, 0.05) is 6.42 Å². The van der Waals surface area contributed by atoms with Crippen molar-refractivity contribution >= 4 is 11.9 Å². The molecule has 0 aromatic heterocycles. The number of rotatable bonds is 3. The van der Waals surface area contributed by atoms with Crippen molar-refractivity contribution in [1.82, 2.24) is 5.32 Å². The number of hydrogen-bond donors (Lipinski definition) is 1. The SMILES string of the molecule is COC(=O)C1(NC(=O)c2ccc(F)cc2C(F)(F)F)CCO1. The highest BCUT2D eigenvalue weighted by molar-refractivity contribution is 5.99. The van der Waals surface area contributed by atoms with E-state index in [0.29, 0.717) is 6.07 Å². The summed E-state index contributed by atoms with van der Waals surface area (Å²) in [6.45, 7) is 0.144. The van der Waals surface area contributed by atoms with E-state index in [9.17, 15) is 27.2 Å². The summed E-state index contributed by atoms with van der Waals surface area (Å²) < 4.78 is 61.0. The molecule has 0 aliphatic carbocycles. The lowest BCUT2D eigenvalue weighted by Crippen LogP contribution is -2.63. The monoisotopic (exact) mass is 321 g/mol. The summed E-state index contributed by atoms with van der Waals surface area (Å²) in [4.78, 5) is 23.6. The maximum atomic E-state index is 13.0. The first-order valence-corrected chi connectivity index (χ1v) is 6.11. The maximum Gasteiger partial charge on any atom is 0.417 e. The van der Waals surface area contributed by atoms with Crippen LogP contribution in [0.25, 0.3) is 0 Å². The van der Waals surface area contributed by atoms with Gasteiger partial charge in [0.05, 0.1) is 24.8 Å². The highest BCUT2D eigenvalue weighted by Crippen LogP contribution is 2.33. The molecule has 120 valence electrons. The Kier molecular flexibility index (Phi) is 4.10. The van der Waals surface area contributed by atoms with E-state index in [4.69, 9.17) is 4.74 Å². The number of amides is 1. The van der Waals surface area contributed by atoms with Gasteiger partial charge in [0.2, 0.25) is 5.72 Å². The van der Waals surface area contributed by atoms with Crippen LogP contribution in [0.2, 0.25) is 0 Å². The molecule has 1 N–H and O–H groups in total. The standard InChI is InChI=1S/C13H11F4NO4/c1-21-11(20)12(4-5-22-12)18-10(19)8-3-2-7(14)6-9(8)13(15,16)17/h2-3,6H,4-5H2,1H3,(H,18,19). The highest BCUT2D eigenvalue weighted by atomic mass is 19.4. The van der Waals surface area contributed by atoms with E-state index in [1.807, 2.05) is 0 Å². The molecule has 1 aliphatic rings. The van der Waals surface area contributed by atoms with Crippen LogP contribution in [-0.4, -0.2) is 31.3 Å². The highest BCUT2D eigenvalue weighted by Gasteiger charge is 2.49. The first-order chi connectivity index (χ1) is 10.2. The smallest absolute Gasteiger partial charge is 0.417 e. The van der Waals surface area contributed by atoms with Gasteiger partial charge >= 0.3 is 12.1 Å². The number of alkyl halides is 3. The number of benzene rings is 1. The molecule has 0 bridgehead atoms. The normalized spacial score (nSPS) is 21.0. The van der Waals surface area contributed by atoms with Crippen molar-refractivity contribution in [2.45, 2.75) is 18.3 Å². The second kappa shape index (κ2) is 5.56. The molecule has 1 atom stereocenters. The molecule has 2 rings (SSSR count). The number of ether oxygens (including phenoxy) is 2. The average molecular weight is 321 g/mol. The lowest BCUT2D eigenvalue weighted by Gasteiger charge is -2.39. The zero-order valence-electron chi connectivity index (χ0n) is 11.3. The molecule has 0 saturated carbocycles. The van der Waals surface area contributed by atoms with Crippen LogP contribution < -0.4 is 5.32 Å². The summed E-state index contributed by atoms with van der Waals surface area (Å²) in [6.07, 6.45) is -4.86. The Hall–Kier alpha value is -2.16. The van der Waals surface area contributed by atoms with Gasteiger partial charge in [-0.3, -0.25) is 4.79 Å². The second-order valence-corrected chi connectivity index (χ2v) is 4.56. The molecule has 1 unspecified atom stereocenters. The molecular formula is C13H11F4NO4. The fourth-order valence-corrected chi connectivity index (χ4v) is 1.98. The van der Waals surface area contributed by atoms with Crippen LogP contribution >= 0.6 is 0 Å². The minimum absolute atomic E-state index is 0.0635. The Morgan fingerprint density at radius 2 is 2.00 bits per heavy atom. The van der Waals surface area contributed by atoms with Gasteiger partial charge in [-0.25, -0.2) is 9.18 Å². The summed E-state index contributed by atoms with van der Waals surface area (Å²) in [5.74, 6) is -3.27. The lowest BCUT2D eigenvalue weighted by atomic mass is 10.0. The molecule has 0 radical (unpaired) electrons. The third kappa shape index (κ3) is 2.89. The molecule has 1 amide bonds. The van der Waals surface area contributed by atoms with Crippen molar-refractivity contribution in [2.75, 3.05) is 13.7 Å². The van der Waals surface area contributed by atoms with E-state index in [2.05, 4.69) is 10.1 Å². The molecule has 22 heavy (non-hydrogen) atoms. The quantitative estimate of drug-likeness (QED) is 0.682. The van der Waals surface area contributed by atoms with Crippen molar-refractivity contribution < 1.29 is 36.6 Å². The van der Waals surface area contributed by atoms with Gasteiger partial charge in [-0.15, -0.1) is 0 Å². The third-order valence-corrected chi connectivity index (χ3v) is 3.16. The number of hydrogen-bond acceptors (Lipinski definition) is 4. The zero-order valence-corrected chi connectivity index (χ0v) is 11.3. The van der Waals surface area contributed by atoms with E-state index in [0.717, 1.165) is 13.2 Å². The van der Waals surface area contributed by atoms with Gasteiger partial charge < -0.3 is 14.8 Å². The summed E-state index contributed by atoms with van der Waals surface area (Å²) in [5.41, 5.74) is -4.06. The molecule has 9 heteroatoms. The second-order valence-electron chi connectivity index (χ2n) is 4.56. The Morgan fingerprint density at radius 1 is 1.36 bits per heavy atom. The van der Waals surface area contributed by atoms with E-state index in [1.54, 1.807) is 0 Å². The summed E-state index contributed by atoms with van der Waals surface area (Å²) in [6, 6.07) is 1.62. The Bertz CT molecular complexity index is 611. The fraction of sp³-hybridized carbons (Fsp3) is 0.385. The van der Waals surface area contributed by atoms with Crippen molar-refractivity contribution in [3.8, 4) is 0 Å². The van der Waals surface area contributed by atoms with Gasteiger partial charge in [-0.05, 0) is 18.2 Å². The topological polar surface area (TPSA) is 64.6 Å². The average Bonchev–Trinajstić information content (AvgIpc) is 2.40. The molecule has 1 aromatic rings. The molecule has 1 aromatic carbocycles. The first kappa shape index (κ1) is 16.2. The first-order valence-electron chi connectivity index (χ1n) is 6.11. The van der Waals surface area contributed by atoms with E-state index >= 15 is 0 Å².